The van der Waals surface area contributed by atoms with Gasteiger partial charge in [0, 0.05) is 23.4 Å². The molecule has 2 N–H and O–H groups in total. The molecule has 0 atom stereocenters. The normalized spacial score (nSPS) is 11.2. The number of carbonyl (C=O) groups excluding carboxylic acids is 2. The number of Topliss-reactive ketones (excluding diaryl/α,β-unsaturated/α-hetero) is 1. The molecule has 0 bridgehead atoms. The fraction of sp³-hybridized carbons (Fsp3) is 0.250. The lowest BCUT2D eigenvalue weighted by molar-refractivity contribution is -0.121. The Labute approximate surface area is 145 Å². The van der Waals surface area contributed by atoms with E-state index in [2.05, 4.69) is 10.0 Å². The summed E-state index contributed by atoms with van der Waals surface area (Å²) in [6.07, 6.45) is 0.0517. The van der Waals surface area contributed by atoms with Crippen molar-refractivity contribution in [1.29, 1.82) is 0 Å². The molecule has 0 aliphatic carbocycles. The number of ketones is 1. The van der Waals surface area contributed by atoms with Crippen molar-refractivity contribution in [1.82, 2.24) is 10.0 Å². The fourth-order valence-corrected chi connectivity index (χ4v) is 3.61. The van der Waals surface area contributed by atoms with Gasteiger partial charge in [0.25, 0.3) is 0 Å². The highest BCUT2D eigenvalue weighted by molar-refractivity contribution is 7.89. The van der Waals surface area contributed by atoms with E-state index < -0.39 is 10.0 Å². The van der Waals surface area contributed by atoms with E-state index in [0.29, 0.717) is 12.1 Å². The lowest BCUT2D eigenvalue weighted by Gasteiger charge is -2.07. The second-order valence-electron chi connectivity index (χ2n) is 5.08. The van der Waals surface area contributed by atoms with Gasteiger partial charge >= 0.3 is 0 Å². The van der Waals surface area contributed by atoms with Crippen molar-refractivity contribution in [2.24, 2.45) is 0 Å². The minimum atomic E-state index is -3.70. The summed E-state index contributed by atoms with van der Waals surface area (Å²) in [6, 6.07) is 9.48. The predicted octanol–water partition coefficient (Wildman–Crippen LogP) is 1.94. The Balaban J connectivity index is 1.81. The van der Waals surface area contributed by atoms with Crippen LogP contribution in [0.5, 0.6) is 0 Å². The van der Waals surface area contributed by atoms with Crippen molar-refractivity contribution in [3.8, 4) is 0 Å². The molecule has 0 fully saturated rings. The first-order valence-electron chi connectivity index (χ1n) is 7.28. The molecule has 0 aliphatic heterocycles. The summed E-state index contributed by atoms with van der Waals surface area (Å²) < 4.78 is 26.6. The van der Waals surface area contributed by atoms with E-state index in [0.717, 1.165) is 4.88 Å². The van der Waals surface area contributed by atoms with E-state index in [1.54, 1.807) is 11.3 Å². The van der Waals surface area contributed by atoms with Gasteiger partial charge in [-0.25, -0.2) is 13.1 Å². The van der Waals surface area contributed by atoms with Crippen LogP contribution in [-0.4, -0.2) is 26.7 Å². The number of sulfonamides is 1. The molecule has 1 aromatic heterocycles. The van der Waals surface area contributed by atoms with Crippen molar-refractivity contribution in [2.75, 3.05) is 6.54 Å². The van der Waals surface area contributed by atoms with Gasteiger partial charge in [-0.15, -0.1) is 11.3 Å². The Morgan fingerprint density at radius 2 is 1.83 bits per heavy atom. The van der Waals surface area contributed by atoms with Gasteiger partial charge in [0.2, 0.25) is 15.9 Å². The molecule has 24 heavy (non-hydrogen) atoms. The molecule has 128 valence electrons. The minimum Gasteiger partial charge on any atom is -0.351 e. The number of benzene rings is 1. The average Bonchev–Trinajstić information content (AvgIpc) is 3.06. The van der Waals surface area contributed by atoms with Crippen LogP contribution in [0.25, 0.3) is 0 Å². The third-order valence-corrected chi connectivity index (χ3v) is 5.61. The zero-order chi connectivity index (χ0) is 17.6. The molecule has 0 unspecified atom stereocenters. The van der Waals surface area contributed by atoms with E-state index in [-0.39, 0.29) is 29.6 Å². The maximum Gasteiger partial charge on any atom is 0.240 e. The van der Waals surface area contributed by atoms with Gasteiger partial charge in [-0.2, -0.15) is 0 Å². The maximum absolute atomic E-state index is 12.1. The van der Waals surface area contributed by atoms with Gasteiger partial charge < -0.3 is 5.32 Å². The summed E-state index contributed by atoms with van der Waals surface area (Å²) in [4.78, 5) is 24.0. The largest absolute Gasteiger partial charge is 0.351 e. The van der Waals surface area contributed by atoms with Crippen LogP contribution in [0, 0.1) is 0 Å². The fourth-order valence-electron chi connectivity index (χ4n) is 1.94. The first-order valence-corrected chi connectivity index (χ1v) is 9.64. The van der Waals surface area contributed by atoms with Crippen LogP contribution in [0.4, 0.5) is 0 Å². The topological polar surface area (TPSA) is 92.3 Å². The van der Waals surface area contributed by atoms with Crippen molar-refractivity contribution in [2.45, 2.75) is 24.8 Å². The molecular formula is C16H18N2O4S2. The van der Waals surface area contributed by atoms with Gasteiger partial charge in [0.15, 0.2) is 5.78 Å². The van der Waals surface area contributed by atoms with Crippen molar-refractivity contribution >= 4 is 33.1 Å². The highest BCUT2D eigenvalue weighted by atomic mass is 32.2. The van der Waals surface area contributed by atoms with Gasteiger partial charge in [-0.3, -0.25) is 9.59 Å². The summed E-state index contributed by atoms with van der Waals surface area (Å²) in [7, 11) is -3.70. The van der Waals surface area contributed by atoms with E-state index in [1.807, 2.05) is 17.5 Å². The van der Waals surface area contributed by atoms with Gasteiger partial charge in [-0.1, -0.05) is 18.2 Å². The van der Waals surface area contributed by atoms with E-state index in [4.69, 9.17) is 0 Å². The van der Waals surface area contributed by atoms with Crippen LogP contribution in [-0.2, 0) is 21.4 Å². The number of hydrogen-bond donors (Lipinski definition) is 2. The van der Waals surface area contributed by atoms with E-state index in [9.17, 15) is 18.0 Å². The van der Waals surface area contributed by atoms with Crippen LogP contribution >= 0.6 is 11.3 Å². The Bertz CT molecular complexity index is 797. The van der Waals surface area contributed by atoms with Gasteiger partial charge in [0.1, 0.15) is 0 Å². The summed E-state index contributed by atoms with van der Waals surface area (Å²) in [5, 5.41) is 4.65. The molecule has 1 amide bonds. The van der Waals surface area contributed by atoms with Crippen LogP contribution in [0.3, 0.4) is 0 Å². The molecule has 6 nitrogen and oxygen atoms in total. The molecule has 0 spiro atoms. The van der Waals surface area contributed by atoms with Crippen molar-refractivity contribution in [3.63, 3.8) is 0 Å². The van der Waals surface area contributed by atoms with Crippen LogP contribution < -0.4 is 10.0 Å². The Morgan fingerprint density at radius 1 is 1.12 bits per heavy atom. The van der Waals surface area contributed by atoms with Crippen LogP contribution in [0.15, 0.2) is 46.7 Å². The summed E-state index contributed by atoms with van der Waals surface area (Å²) >= 11 is 1.54. The highest BCUT2D eigenvalue weighted by Gasteiger charge is 2.14. The summed E-state index contributed by atoms with van der Waals surface area (Å²) in [6.45, 7) is 1.86. The van der Waals surface area contributed by atoms with E-state index >= 15 is 0 Å². The van der Waals surface area contributed by atoms with E-state index in [1.165, 1.54) is 31.2 Å². The third kappa shape index (κ3) is 5.26. The molecule has 1 heterocycles. The summed E-state index contributed by atoms with van der Waals surface area (Å²) in [5.74, 6) is -0.354. The Kier molecular flexibility index (Phi) is 6.24. The lowest BCUT2D eigenvalue weighted by Crippen LogP contribution is -2.30. The van der Waals surface area contributed by atoms with Gasteiger partial charge in [-0.05, 0) is 30.5 Å². The number of hydrogen-bond acceptors (Lipinski definition) is 5. The molecular weight excluding hydrogens is 348 g/mol. The Hall–Kier alpha value is -2.03. The molecule has 2 rings (SSSR count). The van der Waals surface area contributed by atoms with Crippen LogP contribution in [0.2, 0.25) is 0 Å². The standard InChI is InChI=1S/C16H18N2O4S2/c1-12(19)13-4-6-15(7-5-13)24(21,22)18-9-8-16(20)17-11-14-3-2-10-23-14/h2-7,10,18H,8-9,11H2,1H3,(H,17,20). The number of thiophene rings is 1. The zero-order valence-electron chi connectivity index (χ0n) is 13.1. The maximum atomic E-state index is 12.1. The molecule has 2 aromatic rings. The molecule has 0 aliphatic rings. The second kappa shape index (κ2) is 8.18. The zero-order valence-corrected chi connectivity index (χ0v) is 14.7. The lowest BCUT2D eigenvalue weighted by atomic mass is 10.2. The number of amides is 1. The SMILES string of the molecule is CC(=O)c1ccc(S(=O)(=O)NCCC(=O)NCc2cccs2)cc1. The number of carbonyl (C=O) groups is 2. The molecule has 0 saturated heterocycles. The first kappa shape index (κ1) is 18.3. The van der Waals surface area contributed by atoms with Crippen molar-refractivity contribution < 1.29 is 18.0 Å². The predicted molar refractivity (Wildman–Crippen MR) is 92.4 cm³/mol. The monoisotopic (exact) mass is 366 g/mol. The second-order valence-corrected chi connectivity index (χ2v) is 7.88. The molecule has 0 saturated carbocycles. The summed E-state index contributed by atoms with van der Waals surface area (Å²) in [5.41, 5.74) is 0.446. The first-order chi connectivity index (χ1) is 11.4. The third-order valence-electron chi connectivity index (χ3n) is 3.26. The average molecular weight is 366 g/mol. The van der Waals surface area contributed by atoms with Crippen LogP contribution in [0.1, 0.15) is 28.6 Å². The Morgan fingerprint density at radius 3 is 2.42 bits per heavy atom. The molecule has 8 heteroatoms. The molecule has 1 aromatic carbocycles. The van der Waals surface area contributed by atoms with Crippen molar-refractivity contribution in [3.05, 3.63) is 52.2 Å². The number of rotatable bonds is 8. The van der Waals surface area contributed by atoms with Gasteiger partial charge in [0.05, 0.1) is 11.4 Å². The minimum absolute atomic E-state index is 0.00701. The smallest absolute Gasteiger partial charge is 0.240 e. The highest BCUT2D eigenvalue weighted by Crippen LogP contribution is 2.11. The molecule has 0 radical (unpaired) electrons. The quantitative estimate of drug-likeness (QED) is 0.698. The number of nitrogens with one attached hydrogen (secondary N) is 2.